The molecule has 0 spiro atoms. The summed E-state index contributed by atoms with van der Waals surface area (Å²) in [6.45, 7) is 0. The molecule has 1 N–H and O–H groups in total. The Morgan fingerprint density at radius 3 is 2.52 bits per heavy atom. The van der Waals surface area contributed by atoms with E-state index in [9.17, 15) is 14.7 Å². The predicted octanol–water partition coefficient (Wildman–Crippen LogP) is 0.822. The smallest absolute Gasteiger partial charge is 0.228 e. The molecule has 0 saturated heterocycles. The number of rotatable bonds is 4. The van der Waals surface area contributed by atoms with E-state index in [1.807, 2.05) is 12.2 Å². The summed E-state index contributed by atoms with van der Waals surface area (Å²) in [7, 11) is 1.52. The van der Waals surface area contributed by atoms with Gasteiger partial charge in [-0.15, -0.1) is 0 Å². The van der Waals surface area contributed by atoms with Gasteiger partial charge in [-0.2, -0.15) is 0 Å². The van der Waals surface area contributed by atoms with Crippen molar-refractivity contribution in [2.75, 3.05) is 12.4 Å². The number of anilines is 1. The molecule has 1 aromatic carbocycles. The number of carboxylic acids is 1. The lowest BCUT2D eigenvalue weighted by Crippen LogP contribution is -2.42. The summed E-state index contributed by atoms with van der Waals surface area (Å²) in [6, 6.07) is 7.06. The maximum atomic E-state index is 12.5. The molecule has 3 rings (SSSR count). The number of carbonyl (C=O) groups excluding carboxylic acids is 2. The van der Waals surface area contributed by atoms with Crippen molar-refractivity contribution < 1.29 is 19.4 Å². The van der Waals surface area contributed by atoms with Crippen molar-refractivity contribution in [1.29, 1.82) is 0 Å². The third kappa shape index (κ3) is 2.28. The van der Waals surface area contributed by atoms with E-state index in [0.717, 1.165) is 0 Å². The molecular weight excluding hydrogens is 270 g/mol. The van der Waals surface area contributed by atoms with Crippen molar-refractivity contribution in [2.45, 2.75) is 6.42 Å². The molecule has 4 atom stereocenters. The van der Waals surface area contributed by atoms with E-state index in [-0.39, 0.29) is 17.7 Å². The fourth-order valence-electron chi connectivity index (χ4n) is 3.46. The van der Waals surface area contributed by atoms with Gasteiger partial charge in [-0.3, -0.25) is 4.79 Å². The van der Waals surface area contributed by atoms with Gasteiger partial charge in [-0.05, 0) is 30.4 Å². The van der Waals surface area contributed by atoms with Gasteiger partial charge in [0.05, 0.1) is 18.7 Å². The average molecular weight is 286 g/mol. The molecule has 5 heteroatoms. The molecular formula is C16H16NO4-. The third-order valence-electron chi connectivity index (χ3n) is 4.40. The largest absolute Gasteiger partial charge is 0.550 e. The topological polar surface area (TPSA) is 78.5 Å². The molecule has 1 fully saturated rings. The van der Waals surface area contributed by atoms with Crippen molar-refractivity contribution >= 4 is 17.6 Å². The standard InChI is InChI=1S/C16H17NO4/c1-21-12-5-3-2-4-11(12)17-15(18)13-9-6-7-10(8-9)14(13)16(19)20/h2-7,9-10,13-14H,8H2,1H3,(H,17,18)(H,19,20)/p-1/t9-,10+,13+,14-/m1/s1. The fourth-order valence-corrected chi connectivity index (χ4v) is 3.46. The highest BCUT2D eigenvalue weighted by Crippen LogP contribution is 2.48. The number of amides is 1. The van der Waals surface area contributed by atoms with Gasteiger partial charge in [0.1, 0.15) is 5.75 Å². The minimum Gasteiger partial charge on any atom is -0.550 e. The summed E-state index contributed by atoms with van der Waals surface area (Å²) in [5.74, 6) is -2.31. The van der Waals surface area contributed by atoms with E-state index in [4.69, 9.17) is 4.74 Å². The van der Waals surface area contributed by atoms with Crippen LogP contribution < -0.4 is 15.2 Å². The van der Waals surface area contributed by atoms with Crippen LogP contribution in [0.3, 0.4) is 0 Å². The van der Waals surface area contributed by atoms with Gasteiger partial charge in [0, 0.05) is 11.9 Å². The van der Waals surface area contributed by atoms with E-state index >= 15 is 0 Å². The van der Waals surface area contributed by atoms with Crippen molar-refractivity contribution in [3.63, 3.8) is 0 Å². The van der Waals surface area contributed by atoms with E-state index < -0.39 is 17.8 Å². The highest BCUT2D eigenvalue weighted by Gasteiger charge is 2.48. The molecule has 1 amide bonds. The number of hydrogen-bond donors (Lipinski definition) is 1. The number of aliphatic carboxylic acids is 1. The zero-order chi connectivity index (χ0) is 15.0. The normalized spacial score (nSPS) is 29.4. The van der Waals surface area contributed by atoms with E-state index in [2.05, 4.69) is 5.32 Å². The quantitative estimate of drug-likeness (QED) is 0.831. The molecule has 2 bridgehead atoms. The van der Waals surface area contributed by atoms with Crippen LogP contribution in [0.5, 0.6) is 5.75 Å². The lowest BCUT2D eigenvalue weighted by Gasteiger charge is -2.28. The molecule has 2 aliphatic carbocycles. The van der Waals surface area contributed by atoms with Gasteiger partial charge >= 0.3 is 0 Å². The van der Waals surface area contributed by atoms with Crippen LogP contribution >= 0.6 is 0 Å². The van der Waals surface area contributed by atoms with Crippen LogP contribution in [0, 0.1) is 23.7 Å². The number of benzene rings is 1. The summed E-state index contributed by atoms with van der Waals surface area (Å²) in [6.07, 6.45) is 4.54. The summed E-state index contributed by atoms with van der Waals surface area (Å²) in [5.41, 5.74) is 0.550. The summed E-state index contributed by atoms with van der Waals surface area (Å²) >= 11 is 0. The Hall–Kier alpha value is -2.30. The minimum absolute atomic E-state index is 0.0207. The Labute approximate surface area is 122 Å². The van der Waals surface area contributed by atoms with E-state index in [1.165, 1.54) is 7.11 Å². The Morgan fingerprint density at radius 2 is 1.86 bits per heavy atom. The highest BCUT2D eigenvalue weighted by atomic mass is 16.5. The summed E-state index contributed by atoms with van der Waals surface area (Å²) in [4.78, 5) is 23.8. The van der Waals surface area contributed by atoms with Gasteiger partial charge < -0.3 is 20.0 Å². The Balaban J connectivity index is 1.82. The first-order valence-electron chi connectivity index (χ1n) is 6.95. The number of ether oxygens (including phenoxy) is 1. The molecule has 0 aromatic heterocycles. The molecule has 0 heterocycles. The summed E-state index contributed by atoms with van der Waals surface area (Å²) < 4.78 is 5.19. The Morgan fingerprint density at radius 1 is 1.19 bits per heavy atom. The van der Waals surface area contributed by atoms with Crippen LogP contribution in [0.2, 0.25) is 0 Å². The number of methoxy groups -OCH3 is 1. The van der Waals surface area contributed by atoms with Crippen molar-refractivity contribution in [2.24, 2.45) is 23.7 Å². The Kier molecular flexibility index (Phi) is 3.41. The van der Waals surface area contributed by atoms with Crippen molar-refractivity contribution in [3.8, 4) is 5.75 Å². The van der Waals surface area contributed by atoms with Crippen molar-refractivity contribution in [3.05, 3.63) is 36.4 Å². The van der Waals surface area contributed by atoms with Gasteiger partial charge in [-0.25, -0.2) is 0 Å². The Bertz CT molecular complexity index is 610. The maximum absolute atomic E-state index is 12.5. The summed E-state index contributed by atoms with van der Waals surface area (Å²) in [5, 5.41) is 14.1. The number of para-hydroxylation sites is 2. The van der Waals surface area contributed by atoms with Gasteiger partial charge in [0.15, 0.2) is 0 Å². The average Bonchev–Trinajstić information content (AvgIpc) is 3.08. The second-order valence-electron chi connectivity index (χ2n) is 5.51. The number of nitrogens with one attached hydrogen (secondary N) is 1. The molecule has 110 valence electrons. The SMILES string of the molecule is COc1ccccc1NC(=O)[C@@H]1[C@H](C(=O)[O-])[C@H]2C=C[C@@H]1C2. The second kappa shape index (κ2) is 5.24. The zero-order valence-electron chi connectivity index (χ0n) is 11.6. The van der Waals surface area contributed by atoms with E-state index in [1.54, 1.807) is 24.3 Å². The van der Waals surface area contributed by atoms with Crippen LogP contribution in [-0.4, -0.2) is 19.0 Å². The number of carbonyl (C=O) groups is 2. The minimum atomic E-state index is -1.15. The second-order valence-corrected chi connectivity index (χ2v) is 5.51. The lowest BCUT2D eigenvalue weighted by atomic mass is 9.82. The maximum Gasteiger partial charge on any atom is 0.228 e. The van der Waals surface area contributed by atoms with Crippen LogP contribution in [0.4, 0.5) is 5.69 Å². The molecule has 0 radical (unpaired) electrons. The molecule has 1 saturated carbocycles. The van der Waals surface area contributed by atoms with Gasteiger partial charge in [0.2, 0.25) is 5.91 Å². The highest BCUT2D eigenvalue weighted by molar-refractivity contribution is 5.97. The molecule has 1 aromatic rings. The van der Waals surface area contributed by atoms with E-state index in [0.29, 0.717) is 17.9 Å². The first-order chi connectivity index (χ1) is 10.1. The van der Waals surface area contributed by atoms with Crippen LogP contribution in [-0.2, 0) is 9.59 Å². The van der Waals surface area contributed by atoms with Gasteiger partial charge in [0.25, 0.3) is 0 Å². The van der Waals surface area contributed by atoms with Crippen LogP contribution in [0.15, 0.2) is 36.4 Å². The number of hydrogen-bond acceptors (Lipinski definition) is 4. The first kappa shape index (κ1) is 13.7. The molecule has 0 aliphatic heterocycles. The van der Waals surface area contributed by atoms with Gasteiger partial charge in [-0.1, -0.05) is 24.3 Å². The fraction of sp³-hybridized carbons (Fsp3) is 0.375. The lowest BCUT2D eigenvalue weighted by molar-refractivity contribution is -0.313. The van der Waals surface area contributed by atoms with Crippen LogP contribution in [0.1, 0.15) is 6.42 Å². The monoisotopic (exact) mass is 286 g/mol. The molecule has 21 heavy (non-hydrogen) atoms. The third-order valence-corrected chi connectivity index (χ3v) is 4.40. The first-order valence-corrected chi connectivity index (χ1v) is 6.95. The number of fused-ring (bicyclic) bond motifs is 2. The number of allylic oxidation sites excluding steroid dienone is 2. The number of carboxylic acid groups (broad SMARTS) is 1. The predicted molar refractivity (Wildman–Crippen MR) is 74.3 cm³/mol. The molecule has 0 unspecified atom stereocenters. The molecule has 2 aliphatic rings. The molecule has 5 nitrogen and oxygen atoms in total. The van der Waals surface area contributed by atoms with Crippen LogP contribution in [0.25, 0.3) is 0 Å². The zero-order valence-corrected chi connectivity index (χ0v) is 11.6. The van der Waals surface area contributed by atoms with Crippen molar-refractivity contribution in [1.82, 2.24) is 0 Å².